The quantitative estimate of drug-likeness (QED) is 0.775. The van der Waals surface area contributed by atoms with Crippen molar-refractivity contribution in [2.45, 2.75) is 32.2 Å². The molecule has 1 aliphatic rings. The molecular weight excluding hydrogens is 366 g/mol. The zero-order chi connectivity index (χ0) is 20.8. The van der Waals surface area contributed by atoms with E-state index in [-0.39, 0.29) is 5.91 Å². The maximum Gasteiger partial charge on any atom is 0.257 e. The Hall–Kier alpha value is -2.67. The van der Waals surface area contributed by atoms with Gasteiger partial charge in [0.1, 0.15) is 17.4 Å². The first-order valence-electron chi connectivity index (χ1n) is 10.2. The molecule has 0 radical (unpaired) electrons. The first-order chi connectivity index (χ1) is 14.0. The van der Waals surface area contributed by atoms with Crippen LogP contribution in [0.15, 0.2) is 30.3 Å². The molecule has 7 nitrogen and oxygen atoms in total. The van der Waals surface area contributed by atoms with Crippen LogP contribution in [-0.4, -0.2) is 61.6 Å². The summed E-state index contributed by atoms with van der Waals surface area (Å²) in [5, 5.41) is 3.45. The summed E-state index contributed by atoms with van der Waals surface area (Å²) in [7, 11) is 5.73. The van der Waals surface area contributed by atoms with Crippen molar-refractivity contribution in [3.63, 3.8) is 0 Å². The molecule has 0 unspecified atom stereocenters. The molecule has 29 heavy (non-hydrogen) atoms. The SMILES string of the molecule is CCOc1ccccc1C(=O)N(C)Cc1nc([C@@H]2CCCNC2)cc(N(C)C)n1. The van der Waals surface area contributed by atoms with E-state index in [9.17, 15) is 4.79 Å². The van der Waals surface area contributed by atoms with E-state index in [0.29, 0.717) is 36.2 Å². The Labute approximate surface area is 173 Å². The van der Waals surface area contributed by atoms with Gasteiger partial charge in [-0.3, -0.25) is 4.79 Å². The number of anilines is 1. The Morgan fingerprint density at radius 2 is 2.03 bits per heavy atom. The number of carbonyl (C=O) groups is 1. The maximum atomic E-state index is 13.0. The highest BCUT2D eigenvalue weighted by Gasteiger charge is 2.21. The standard InChI is InChI=1S/C22H31N5O2/c1-5-29-19-11-7-6-10-17(19)22(28)27(4)15-20-24-18(13-21(25-20)26(2)3)16-9-8-12-23-14-16/h6-7,10-11,13,16,23H,5,8-9,12,14-15H2,1-4H3/t16-/m1/s1. The van der Waals surface area contributed by atoms with Gasteiger partial charge in [-0.2, -0.15) is 0 Å². The van der Waals surface area contributed by atoms with E-state index in [4.69, 9.17) is 9.72 Å². The van der Waals surface area contributed by atoms with Crippen molar-refractivity contribution in [3.8, 4) is 5.75 Å². The van der Waals surface area contributed by atoms with Crippen molar-refractivity contribution < 1.29 is 9.53 Å². The normalized spacial score (nSPS) is 16.3. The van der Waals surface area contributed by atoms with Gasteiger partial charge in [0.15, 0.2) is 0 Å². The second-order valence-corrected chi connectivity index (χ2v) is 7.60. The van der Waals surface area contributed by atoms with Crippen LogP contribution in [0.5, 0.6) is 5.75 Å². The van der Waals surface area contributed by atoms with E-state index < -0.39 is 0 Å². The summed E-state index contributed by atoms with van der Waals surface area (Å²) in [5.74, 6) is 2.40. The fourth-order valence-electron chi connectivity index (χ4n) is 3.53. The summed E-state index contributed by atoms with van der Waals surface area (Å²) in [5.41, 5.74) is 1.60. The number of carbonyl (C=O) groups excluding carboxylic acids is 1. The second-order valence-electron chi connectivity index (χ2n) is 7.60. The predicted molar refractivity (Wildman–Crippen MR) is 115 cm³/mol. The number of aromatic nitrogens is 2. The molecule has 1 saturated heterocycles. The van der Waals surface area contributed by atoms with E-state index in [1.165, 1.54) is 0 Å². The smallest absolute Gasteiger partial charge is 0.257 e. The second kappa shape index (κ2) is 9.69. The zero-order valence-corrected chi connectivity index (χ0v) is 17.8. The van der Waals surface area contributed by atoms with Crippen LogP contribution < -0.4 is 15.0 Å². The maximum absolute atomic E-state index is 13.0. The molecule has 2 heterocycles. The van der Waals surface area contributed by atoms with Gasteiger partial charge >= 0.3 is 0 Å². The van der Waals surface area contributed by atoms with Gasteiger partial charge in [-0.05, 0) is 38.4 Å². The lowest BCUT2D eigenvalue weighted by Crippen LogP contribution is -2.30. The molecule has 1 N–H and O–H groups in total. The van der Waals surface area contributed by atoms with Gasteiger partial charge in [0.2, 0.25) is 0 Å². The molecule has 1 aromatic heterocycles. The molecule has 2 aromatic rings. The predicted octanol–water partition coefficient (Wildman–Crippen LogP) is 2.68. The van der Waals surface area contributed by atoms with Gasteiger partial charge in [-0.25, -0.2) is 9.97 Å². The lowest BCUT2D eigenvalue weighted by atomic mass is 9.96. The summed E-state index contributed by atoms with van der Waals surface area (Å²) in [6, 6.07) is 9.40. The first kappa shape index (κ1) is 21.0. The fraction of sp³-hybridized carbons (Fsp3) is 0.500. The number of benzene rings is 1. The number of hydrogen-bond donors (Lipinski definition) is 1. The minimum Gasteiger partial charge on any atom is -0.493 e. The third kappa shape index (κ3) is 5.23. The number of para-hydroxylation sites is 1. The topological polar surface area (TPSA) is 70.6 Å². The molecule has 156 valence electrons. The lowest BCUT2D eigenvalue weighted by molar-refractivity contribution is 0.0777. The summed E-state index contributed by atoms with van der Waals surface area (Å²) in [4.78, 5) is 26.1. The fourth-order valence-corrected chi connectivity index (χ4v) is 3.53. The number of nitrogens with zero attached hydrogens (tertiary/aromatic N) is 4. The van der Waals surface area contributed by atoms with Crippen molar-refractivity contribution in [2.24, 2.45) is 0 Å². The third-order valence-corrected chi connectivity index (χ3v) is 5.09. The van der Waals surface area contributed by atoms with Crippen molar-refractivity contribution in [1.82, 2.24) is 20.2 Å². The number of hydrogen-bond acceptors (Lipinski definition) is 6. The summed E-state index contributed by atoms with van der Waals surface area (Å²) in [6.07, 6.45) is 2.26. The summed E-state index contributed by atoms with van der Waals surface area (Å²) in [6.45, 7) is 4.76. The van der Waals surface area contributed by atoms with Gasteiger partial charge in [0.25, 0.3) is 5.91 Å². The van der Waals surface area contributed by atoms with Gasteiger partial charge in [-0.1, -0.05) is 12.1 Å². The van der Waals surface area contributed by atoms with Gasteiger partial charge in [-0.15, -0.1) is 0 Å². The molecule has 1 atom stereocenters. The van der Waals surface area contributed by atoms with Crippen molar-refractivity contribution in [3.05, 3.63) is 47.4 Å². The van der Waals surface area contributed by atoms with Gasteiger partial charge in [0.05, 0.1) is 24.4 Å². The molecule has 7 heteroatoms. The molecule has 1 aromatic carbocycles. The average molecular weight is 398 g/mol. The van der Waals surface area contributed by atoms with Crippen LogP contribution in [0.25, 0.3) is 0 Å². The lowest BCUT2D eigenvalue weighted by Gasteiger charge is -2.25. The minimum atomic E-state index is -0.103. The highest BCUT2D eigenvalue weighted by Crippen LogP contribution is 2.25. The van der Waals surface area contributed by atoms with Crippen LogP contribution in [-0.2, 0) is 6.54 Å². The summed E-state index contributed by atoms with van der Waals surface area (Å²) >= 11 is 0. The number of nitrogens with one attached hydrogen (secondary N) is 1. The first-order valence-corrected chi connectivity index (χ1v) is 10.2. The number of piperidine rings is 1. The number of rotatable bonds is 7. The molecular formula is C22H31N5O2. The Kier molecular flexibility index (Phi) is 7.04. The molecule has 1 aliphatic heterocycles. The van der Waals surface area contributed by atoms with Crippen LogP contribution in [0.4, 0.5) is 5.82 Å². The Morgan fingerprint density at radius 1 is 1.24 bits per heavy atom. The zero-order valence-electron chi connectivity index (χ0n) is 17.8. The number of ether oxygens (including phenoxy) is 1. The number of amides is 1. The van der Waals surface area contributed by atoms with Crippen LogP contribution in [0.1, 0.15) is 47.6 Å². The van der Waals surface area contributed by atoms with Crippen molar-refractivity contribution in [2.75, 3.05) is 45.7 Å². The average Bonchev–Trinajstić information content (AvgIpc) is 2.74. The molecule has 0 bridgehead atoms. The van der Waals surface area contributed by atoms with Crippen LogP contribution in [0.2, 0.25) is 0 Å². The Morgan fingerprint density at radius 3 is 2.72 bits per heavy atom. The van der Waals surface area contributed by atoms with Crippen LogP contribution >= 0.6 is 0 Å². The van der Waals surface area contributed by atoms with Crippen molar-refractivity contribution >= 4 is 11.7 Å². The minimum absolute atomic E-state index is 0.103. The molecule has 0 aliphatic carbocycles. The van der Waals surface area contributed by atoms with Crippen LogP contribution in [0.3, 0.4) is 0 Å². The van der Waals surface area contributed by atoms with Crippen LogP contribution in [0, 0.1) is 0 Å². The molecule has 0 saturated carbocycles. The molecule has 0 spiro atoms. The van der Waals surface area contributed by atoms with Gasteiger partial charge < -0.3 is 19.9 Å². The highest BCUT2D eigenvalue weighted by molar-refractivity contribution is 5.96. The third-order valence-electron chi connectivity index (χ3n) is 5.09. The van der Waals surface area contributed by atoms with E-state index in [1.807, 2.05) is 44.1 Å². The molecule has 3 rings (SSSR count). The van der Waals surface area contributed by atoms with Crippen molar-refractivity contribution in [1.29, 1.82) is 0 Å². The largest absolute Gasteiger partial charge is 0.493 e. The Balaban J connectivity index is 1.83. The van der Waals surface area contributed by atoms with E-state index in [2.05, 4.69) is 16.4 Å². The van der Waals surface area contributed by atoms with E-state index in [0.717, 1.165) is 37.4 Å². The summed E-state index contributed by atoms with van der Waals surface area (Å²) < 4.78 is 5.62. The van der Waals surface area contributed by atoms with E-state index in [1.54, 1.807) is 18.0 Å². The monoisotopic (exact) mass is 397 g/mol. The van der Waals surface area contributed by atoms with Gasteiger partial charge in [0, 0.05) is 39.7 Å². The molecule has 1 amide bonds. The highest BCUT2D eigenvalue weighted by atomic mass is 16.5. The van der Waals surface area contributed by atoms with E-state index >= 15 is 0 Å². The molecule has 1 fully saturated rings. The Bertz CT molecular complexity index is 834.